The highest BCUT2D eigenvalue weighted by Gasteiger charge is 2.36. The molecular formula is C37H52ClN7O4. The van der Waals surface area contributed by atoms with Gasteiger partial charge >= 0.3 is 12.1 Å². The van der Waals surface area contributed by atoms with Crippen LogP contribution in [0.1, 0.15) is 55.7 Å². The molecule has 2 aromatic rings. The number of nitrogen functional groups attached to an aromatic ring is 1. The third-order valence-corrected chi connectivity index (χ3v) is 11.3. The van der Waals surface area contributed by atoms with Gasteiger partial charge < -0.3 is 35.4 Å². The fraction of sp³-hybridized carbons (Fsp3) is 0.595. The summed E-state index contributed by atoms with van der Waals surface area (Å²) in [5.41, 5.74) is 10.5. The largest absolute Gasteiger partial charge is 0.436 e. The van der Waals surface area contributed by atoms with Gasteiger partial charge in [-0.05, 0) is 93.9 Å². The Morgan fingerprint density at radius 3 is 2.41 bits per heavy atom. The molecule has 0 aliphatic carbocycles. The number of aryl methyl sites for hydroxylation is 1. The van der Waals surface area contributed by atoms with Crippen molar-refractivity contribution in [2.24, 2.45) is 0 Å². The van der Waals surface area contributed by atoms with Crippen LogP contribution in [0.15, 0.2) is 36.4 Å². The van der Waals surface area contributed by atoms with Crippen molar-refractivity contribution < 1.29 is 19.1 Å². The van der Waals surface area contributed by atoms with E-state index in [4.69, 9.17) is 22.1 Å². The van der Waals surface area contributed by atoms with E-state index in [0.29, 0.717) is 68.7 Å². The van der Waals surface area contributed by atoms with Gasteiger partial charge in [-0.25, -0.2) is 9.59 Å². The Morgan fingerprint density at radius 2 is 1.65 bits per heavy atom. The highest BCUT2D eigenvalue weighted by atomic mass is 35.5. The summed E-state index contributed by atoms with van der Waals surface area (Å²) >= 11 is 6.50. The molecule has 0 bridgehead atoms. The highest BCUT2D eigenvalue weighted by Crippen LogP contribution is 2.29. The van der Waals surface area contributed by atoms with Gasteiger partial charge in [0.05, 0.1) is 10.7 Å². The number of carbonyl (C=O) groups is 3. The molecule has 0 aromatic heterocycles. The van der Waals surface area contributed by atoms with E-state index < -0.39 is 12.2 Å². The van der Waals surface area contributed by atoms with Gasteiger partial charge in [0.25, 0.3) is 5.91 Å². The zero-order chi connectivity index (χ0) is 34.5. The second-order valence-electron chi connectivity index (χ2n) is 14.1. The number of halogens is 1. The van der Waals surface area contributed by atoms with E-state index in [1.165, 1.54) is 0 Å². The summed E-state index contributed by atoms with van der Waals surface area (Å²) in [4.78, 5) is 51.4. The first-order valence-electron chi connectivity index (χ1n) is 18.1. The molecule has 49 heavy (non-hydrogen) atoms. The number of carbonyl (C=O) groups excluding carboxylic acids is 3. The molecule has 4 heterocycles. The lowest BCUT2D eigenvalue weighted by atomic mass is 9.99. The Morgan fingerprint density at radius 1 is 0.939 bits per heavy atom. The number of hydrogen-bond acceptors (Lipinski definition) is 7. The summed E-state index contributed by atoms with van der Waals surface area (Å²) in [6, 6.07) is 12.0. The lowest BCUT2D eigenvalue weighted by Gasteiger charge is -2.40. The number of likely N-dealkylation sites (N-methyl/N-ethyl adjacent to an activating group) is 1. The van der Waals surface area contributed by atoms with Crippen molar-refractivity contribution in [2.75, 3.05) is 77.0 Å². The van der Waals surface area contributed by atoms with E-state index in [9.17, 15) is 14.4 Å². The maximum Gasteiger partial charge on any atom is 0.410 e. The number of anilines is 2. The molecule has 4 aliphatic heterocycles. The summed E-state index contributed by atoms with van der Waals surface area (Å²) in [5.74, 6) is -0.163. The number of fused-ring (bicyclic) bond motifs is 1. The Balaban J connectivity index is 1.09. The van der Waals surface area contributed by atoms with E-state index >= 15 is 0 Å². The van der Waals surface area contributed by atoms with Crippen molar-refractivity contribution in [1.29, 1.82) is 0 Å². The number of nitrogens with two attached hydrogens (primary N) is 1. The monoisotopic (exact) mass is 693 g/mol. The SMILES string of the molecule is CCc1cc(C[C@@H](OC(=O)N2CCC(N3CCc4ccccc4NC3=O)CC2)C(=O)N2CCC(N3CCCN(C)CC3)CC2)cc(Cl)c1N. The fourth-order valence-electron chi connectivity index (χ4n) is 7.92. The van der Waals surface area contributed by atoms with Gasteiger partial charge in [0.15, 0.2) is 6.10 Å². The average Bonchev–Trinajstić information content (AvgIpc) is 3.44. The van der Waals surface area contributed by atoms with E-state index in [0.717, 1.165) is 74.2 Å². The van der Waals surface area contributed by atoms with Crippen LogP contribution >= 0.6 is 11.6 Å². The van der Waals surface area contributed by atoms with E-state index in [1.807, 2.05) is 47.1 Å². The molecule has 0 unspecified atom stereocenters. The molecule has 2 aromatic carbocycles. The quantitative estimate of drug-likeness (QED) is 0.404. The molecule has 266 valence electrons. The normalized spacial score (nSPS) is 21.0. The van der Waals surface area contributed by atoms with Crippen molar-refractivity contribution in [2.45, 2.75) is 76.5 Å². The number of likely N-dealkylation sites (tertiary alicyclic amines) is 2. The second kappa shape index (κ2) is 16.0. The third-order valence-electron chi connectivity index (χ3n) is 10.9. The Bertz CT molecular complexity index is 1490. The summed E-state index contributed by atoms with van der Waals surface area (Å²) in [6.45, 7) is 9.15. The van der Waals surface area contributed by atoms with E-state index in [2.05, 4.69) is 22.2 Å². The first-order valence-corrected chi connectivity index (χ1v) is 18.5. The molecule has 1 atom stereocenters. The number of nitrogens with one attached hydrogen (secondary N) is 1. The second-order valence-corrected chi connectivity index (χ2v) is 14.5. The van der Waals surface area contributed by atoms with Crippen molar-refractivity contribution in [3.63, 3.8) is 0 Å². The first-order chi connectivity index (χ1) is 23.7. The van der Waals surface area contributed by atoms with Crippen molar-refractivity contribution in [3.8, 4) is 0 Å². The average molecular weight is 694 g/mol. The molecule has 3 N–H and O–H groups in total. The minimum Gasteiger partial charge on any atom is -0.436 e. The summed E-state index contributed by atoms with van der Waals surface area (Å²) in [7, 11) is 2.18. The summed E-state index contributed by atoms with van der Waals surface area (Å²) in [6.07, 6.45) is 4.50. The van der Waals surface area contributed by atoms with Gasteiger partial charge in [-0.1, -0.05) is 42.8 Å². The van der Waals surface area contributed by atoms with Crippen LogP contribution in [-0.2, 0) is 28.8 Å². The van der Waals surface area contributed by atoms with Crippen LogP contribution in [0.3, 0.4) is 0 Å². The number of para-hydroxylation sites is 1. The maximum absolute atomic E-state index is 14.1. The van der Waals surface area contributed by atoms with Crippen LogP contribution in [0.2, 0.25) is 5.02 Å². The molecule has 4 aliphatic rings. The van der Waals surface area contributed by atoms with E-state index in [1.54, 1.807) is 11.0 Å². The first kappa shape index (κ1) is 35.3. The molecule has 0 radical (unpaired) electrons. The lowest BCUT2D eigenvalue weighted by molar-refractivity contribution is -0.142. The van der Waals surface area contributed by atoms with Crippen LogP contribution in [0.4, 0.5) is 21.0 Å². The lowest BCUT2D eigenvalue weighted by Crippen LogP contribution is -2.52. The number of benzene rings is 2. The number of rotatable bonds is 7. The van der Waals surface area contributed by atoms with Crippen molar-refractivity contribution >= 4 is 41.0 Å². The Hall–Kier alpha value is -3.54. The standard InChI is InChI=1S/C37H52ClN7O4/c1-3-27-23-26(24-31(38)34(27)39)25-33(35(46)43-16-10-29(11-17-43)42-15-6-14-41(2)21-22-42)49-37(48)44-18-12-30(13-19-44)45-20-9-28-7-4-5-8-32(28)40-36(45)47/h4-5,7-8,23-24,29-30,33H,3,6,9-22,25,39H2,1-2H3,(H,40,47)/t33-/m1/s1. The number of hydrogen-bond donors (Lipinski definition) is 2. The van der Waals surface area contributed by atoms with E-state index in [-0.39, 0.29) is 24.4 Å². The molecule has 3 fully saturated rings. The van der Waals surface area contributed by atoms with Gasteiger partial charge in [-0.3, -0.25) is 9.69 Å². The highest BCUT2D eigenvalue weighted by molar-refractivity contribution is 6.33. The zero-order valence-corrected chi connectivity index (χ0v) is 29.8. The molecule has 3 saturated heterocycles. The van der Waals surface area contributed by atoms with Crippen molar-refractivity contribution in [3.05, 3.63) is 58.1 Å². The van der Waals surface area contributed by atoms with Gasteiger partial charge in [0.2, 0.25) is 0 Å². The fourth-order valence-corrected chi connectivity index (χ4v) is 8.18. The number of ether oxygens (including phenoxy) is 1. The predicted molar refractivity (Wildman–Crippen MR) is 193 cm³/mol. The summed E-state index contributed by atoms with van der Waals surface area (Å²) in [5, 5.41) is 3.50. The smallest absolute Gasteiger partial charge is 0.410 e. The minimum atomic E-state index is -0.979. The molecule has 11 nitrogen and oxygen atoms in total. The van der Waals surface area contributed by atoms with Gasteiger partial charge in [-0.2, -0.15) is 0 Å². The number of amides is 4. The van der Waals surface area contributed by atoms with Crippen LogP contribution < -0.4 is 11.1 Å². The van der Waals surface area contributed by atoms with Crippen LogP contribution in [0.5, 0.6) is 0 Å². The minimum absolute atomic E-state index is 0.0195. The van der Waals surface area contributed by atoms with Crippen LogP contribution in [0.25, 0.3) is 0 Å². The topological polar surface area (TPSA) is 115 Å². The molecule has 0 saturated carbocycles. The number of piperidine rings is 2. The maximum atomic E-state index is 14.1. The Kier molecular flexibility index (Phi) is 11.5. The Labute approximate surface area is 295 Å². The summed E-state index contributed by atoms with van der Waals surface area (Å²) < 4.78 is 6.10. The molecule has 4 amide bonds. The third kappa shape index (κ3) is 8.44. The van der Waals surface area contributed by atoms with Gasteiger partial charge in [0.1, 0.15) is 0 Å². The zero-order valence-electron chi connectivity index (χ0n) is 29.0. The molecule has 12 heteroatoms. The molecule has 0 spiro atoms. The van der Waals surface area contributed by atoms with Crippen molar-refractivity contribution in [1.82, 2.24) is 24.5 Å². The predicted octanol–water partition coefficient (Wildman–Crippen LogP) is 4.72. The van der Waals surface area contributed by atoms with Crippen LogP contribution in [-0.4, -0.2) is 127 Å². The van der Waals surface area contributed by atoms with Gasteiger partial charge in [0, 0.05) is 70.0 Å². The van der Waals surface area contributed by atoms with Crippen LogP contribution in [0, 0.1) is 0 Å². The van der Waals surface area contributed by atoms with Gasteiger partial charge in [-0.15, -0.1) is 0 Å². The molecular weight excluding hydrogens is 642 g/mol. The number of urea groups is 1. The molecule has 6 rings (SSSR count). The number of nitrogens with zero attached hydrogens (tertiary/aromatic N) is 5.